The number of amides is 1. The highest BCUT2D eigenvalue weighted by Gasteiger charge is 2.10. The Balaban J connectivity index is 1.80. The van der Waals surface area contributed by atoms with Crippen LogP contribution in [-0.2, 0) is 6.42 Å². The Morgan fingerprint density at radius 3 is 2.52 bits per heavy atom. The van der Waals surface area contributed by atoms with Crippen molar-refractivity contribution in [2.75, 3.05) is 13.7 Å². The fraction of sp³-hybridized carbons (Fsp3) is 0.278. The number of carbonyl (C=O) groups is 1. The molecule has 0 saturated carbocycles. The van der Waals surface area contributed by atoms with E-state index in [1.54, 1.807) is 19.2 Å². The van der Waals surface area contributed by atoms with Gasteiger partial charge in [0.2, 0.25) is 0 Å². The Morgan fingerprint density at radius 1 is 1.10 bits per heavy atom. The highest BCUT2D eigenvalue weighted by atomic mass is 16.5. The van der Waals surface area contributed by atoms with E-state index in [0.717, 1.165) is 12.8 Å². The molecule has 3 heteroatoms. The SMILES string of the molecule is COc1ccccc1C(=O)NCCCc1ccc(C)cc1. The standard InChI is InChI=1S/C18H21NO2/c1-14-9-11-15(12-10-14)6-5-13-19-18(20)16-7-3-4-8-17(16)21-2/h3-4,7-12H,5-6,13H2,1-2H3,(H,19,20). The van der Waals surface area contributed by atoms with E-state index < -0.39 is 0 Å². The van der Waals surface area contributed by atoms with Gasteiger partial charge in [-0.2, -0.15) is 0 Å². The van der Waals surface area contributed by atoms with Crippen LogP contribution < -0.4 is 10.1 Å². The van der Waals surface area contributed by atoms with E-state index in [-0.39, 0.29) is 5.91 Å². The summed E-state index contributed by atoms with van der Waals surface area (Å²) >= 11 is 0. The molecule has 0 aromatic heterocycles. The molecule has 3 nitrogen and oxygen atoms in total. The van der Waals surface area contributed by atoms with Crippen LogP contribution in [-0.4, -0.2) is 19.6 Å². The summed E-state index contributed by atoms with van der Waals surface area (Å²) in [5.41, 5.74) is 3.14. The molecule has 21 heavy (non-hydrogen) atoms. The molecule has 0 aliphatic rings. The van der Waals surface area contributed by atoms with Crippen LogP contribution in [0.3, 0.4) is 0 Å². The third-order valence-corrected chi connectivity index (χ3v) is 3.40. The van der Waals surface area contributed by atoms with Crippen molar-refractivity contribution in [3.63, 3.8) is 0 Å². The van der Waals surface area contributed by atoms with Crippen molar-refractivity contribution >= 4 is 5.91 Å². The zero-order chi connectivity index (χ0) is 15.1. The maximum Gasteiger partial charge on any atom is 0.255 e. The van der Waals surface area contributed by atoms with Gasteiger partial charge in [-0.25, -0.2) is 0 Å². The number of carbonyl (C=O) groups excluding carboxylic acids is 1. The molecule has 110 valence electrons. The van der Waals surface area contributed by atoms with E-state index >= 15 is 0 Å². The van der Waals surface area contributed by atoms with Crippen LogP contribution in [0.2, 0.25) is 0 Å². The van der Waals surface area contributed by atoms with Crippen LogP contribution in [0.1, 0.15) is 27.9 Å². The normalized spacial score (nSPS) is 10.2. The van der Waals surface area contributed by atoms with Gasteiger partial charge in [0.15, 0.2) is 0 Å². The van der Waals surface area contributed by atoms with E-state index in [1.807, 2.05) is 12.1 Å². The first kappa shape index (κ1) is 15.1. The molecule has 0 aliphatic heterocycles. The van der Waals surface area contributed by atoms with Gasteiger partial charge >= 0.3 is 0 Å². The summed E-state index contributed by atoms with van der Waals surface area (Å²) in [6.07, 6.45) is 1.89. The van der Waals surface area contributed by atoms with Crippen LogP contribution in [0, 0.1) is 6.92 Å². The van der Waals surface area contributed by atoms with Crippen molar-refractivity contribution in [1.82, 2.24) is 5.32 Å². The number of hydrogen-bond acceptors (Lipinski definition) is 2. The van der Waals surface area contributed by atoms with E-state index in [0.29, 0.717) is 17.9 Å². The van der Waals surface area contributed by atoms with Gasteiger partial charge in [-0.05, 0) is 37.5 Å². The second-order valence-electron chi connectivity index (χ2n) is 5.05. The van der Waals surface area contributed by atoms with Gasteiger partial charge in [0, 0.05) is 6.54 Å². The zero-order valence-corrected chi connectivity index (χ0v) is 12.6. The minimum absolute atomic E-state index is 0.0867. The summed E-state index contributed by atoms with van der Waals surface area (Å²) in [4.78, 5) is 12.1. The Morgan fingerprint density at radius 2 is 1.81 bits per heavy atom. The van der Waals surface area contributed by atoms with Crippen LogP contribution in [0.25, 0.3) is 0 Å². The molecule has 0 spiro atoms. The van der Waals surface area contributed by atoms with Crippen LogP contribution in [0.4, 0.5) is 0 Å². The maximum atomic E-state index is 12.1. The Bertz CT molecular complexity index is 590. The van der Waals surface area contributed by atoms with E-state index in [1.165, 1.54) is 11.1 Å². The highest BCUT2D eigenvalue weighted by Crippen LogP contribution is 2.16. The van der Waals surface area contributed by atoms with Crippen LogP contribution in [0.15, 0.2) is 48.5 Å². The Hall–Kier alpha value is -2.29. The lowest BCUT2D eigenvalue weighted by Gasteiger charge is -2.09. The smallest absolute Gasteiger partial charge is 0.255 e. The van der Waals surface area contributed by atoms with Crippen molar-refractivity contribution in [3.05, 3.63) is 65.2 Å². The summed E-state index contributed by atoms with van der Waals surface area (Å²) in [5.74, 6) is 0.518. The average molecular weight is 283 g/mol. The van der Waals surface area contributed by atoms with Gasteiger partial charge in [0.25, 0.3) is 5.91 Å². The maximum absolute atomic E-state index is 12.1. The van der Waals surface area contributed by atoms with Gasteiger partial charge in [0.05, 0.1) is 12.7 Å². The minimum Gasteiger partial charge on any atom is -0.496 e. The molecule has 0 atom stereocenters. The molecule has 2 aromatic carbocycles. The number of aryl methyl sites for hydroxylation is 2. The number of ether oxygens (including phenoxy) is 1. The lowest BCUT2D eigenvalue weighted by atomic mass is 10.1. The molecule has 0 saturated heterocycles. The van der Waals surface area contributed by atoms with E-state index in [9.17, 15) is 4.79 Å². The number of rotatable bonds is 6. The monoisotopic (exact) mass is 283 g/mol. The van der Waals surface area contributed by atoms with Crippen LogP contribution in [0.5, 0.6) is 5.75 Å². The molecule has 0 bridgehead atoms. The summed E-state index contributed by atoms with van der Waals surface area (Å²) in [7, 11) is 1.57. The molecule has 1 N–H and O–H groups in total. The second kappa shape index (κ2) is 7.48. The second-order valence-corrected chi connectivity index (χ2v) is 5.05. The number of hydrogen-bond donors (Lipinski definition) is 1. The van der Waals surface area contributed by atoms with Crippen molar-refractivity contribution in [2.45, 2.75) is 19.8 Å². The van der Waals surface area contributed by atoms with E-state index in [4.69, 9.17) is 4.74 Å². The predicted octanol–water partition coefficient (Wildman–Crippen LogP) is 3.37. The van der Waals surface area contributed by atoms with Gasteiger partial charge in [-0.3, -0.25) is 4.79 Å². The molecule has 0 unspecified atom stereocenters. The van der Waals surface area contributed by atoms with Crippen molar-refractivity contribution in [3.8, 4) is 5.75 Å². The summed E-state index contributed by atoms with van der Waals surface area (Å²) < 4.78 is 5.19. The molecule has 0 fully saturated rings. The third-order valence-electron chi connectivity index (χ3n) is 3.40. The molecule has 0 aliphatic carbocycles. The Kier molecular flexibility index (Phi) is 5.38. The highest BCUT2D eigenvalue weighted by molar-refractivity contribution is 5.96. The lowest BCUT2D eigenvalue weighted by Crippen LogP contribution is -2.25. The molecular weight excluding hydrogens is 262 g/mol. The summed E-state index contributed by atoms with van der Waals surface area (Å²) in [6, 6.07) is 15.8. The number of para-hydroxylation sites is 1. The quantitative estimate of drug-likeness (QED) is 0.825. The Labute approximate surface area is 126 Å². The first-order valence-corrected chi connectivity index (χ1v) is 7.17. The molecule has 2 aromatic rings. The largest absolute Gasteiger partial charge is 0.496 e. The minimum atomic E-state index is -0.0867. The summed E-state index contributed by atoms with van der Waals surface area (Å²) in [5, 5.41) is 2.94. The fourth-order valence-electron chi connectivity index (χ4n) is 2.18. The van der Waals surface area contributed by atoms with Gasteiger partial charge in [0.1, 0.15) is 5.75 Å². The van der Waals surface area contributed by atoms with Crippen molar-refractivity contribution in [1.29, 1.82) is 0 Å². The number of methoxy groups -OCH3 is 1. The molecule has 0 radical (unpaired) electrons. The molecule has 0 heterocycles. The van der Waals surface area contributed by atoms with Crippen molar-refractivity contribution in [2.24, 2.45) is 0 Å². The lowest BCUT2D eigenvalue weighted by molar-refractivity contribution is 0.0950. The topological polar surface area (TPSA) is 38.3 Å². The van der Waals surface area contributed by atoms with Gasteiger partial charge < -0.3 is 10.1 Å². The number of benzene rings is 2. The molecular formula is C18H21NO2. The van der Waals surface area contributed by atoms with E-state index in [2.05, 4.69) is 36.5 Å². The van der Waals surface area contributed by atoms with Crippen LogP contribution >= 0.6 is 0 Å². The first-order valence-electron chi connectivity index (χ1n) is 7.17. The average Bonchev–Trinajstić information content (AvgIpc) is 2.53. The fourth-order valence-corrected chi connectivity index (χ4v) is 2.18. The van der Waals surface area contributed by atoms with Gasteiger partial charge in [-0.15, -0.1) is 0 Å². The van der Waals surface area contributed by atoms with Crippen molar-refractivity contribution < 1.29 is 9.53 Å². The third kappa shape index (κ3) is 4.35. The predicted molar refractivity (Wildman–Crippen MR) is 84.8 cm³/mol. The molecule has 2 rings (SSSR count). The molecule has 1 amide bonds. The van der Waals surface area contributed by atoms with Gasteiger partial charge in [-0.1, -0.05) is 42.0 Å². The zero-order valence-electron chi connectivity index (χ0n) is 12.6. The first-order chi connectivity index (χ1) is 10.2. The summed E-state index contributed by atoms with van der Waals surface area (Å²) in [6.45, 7) is 2.74. The number of nitrogens with one attached hydrogen (secondary N) is 1.